The molecule has 7 nitrogen and oxygen atoms in total. The van der Waals surface area contributed by atoms with Gasteiger partial charge in [0, 0.05) is 10.9 Å². The summed E-state index contributed by atoms with van der Waals surface area (Å²) < 4.78 is 30.8. The minimum Gasteiger partial charge on any atom is -0.464 e. The molecule has 1 aliphatic rings. The molecule has 27 heavy (non-hydrogen) atoms. The highest BCUT2D eigenvalue weighted by Crippen LogP contribution is 2.36. The van der Waals surface area contributed by atoms with Gasteiger partial charge in [0.15, 0.2) is 0 Å². The summed E-state index contributed by atoms with van der Waals surface area (Å²) in [6, 6.07) is 5.84. The number of fused-ring (bicyclic) bond motifs is 1. The number of piperidine rings is 1. The molecule has 0 spiro atoms. The minimum atomic E-state index is -3.26. The molecule has 0 bridgehead atoms. The Hall–Kier alpha value is -1.90. The normalized spacial score (nSPS) is 16.7. The number of likely N-dealkylation sites (tertiary alicyclic amines) is 1. The number of carbonyl (C=O) groups excluding carboxylic acids is 1. The van der Waals surface area contributed by atoms with Crippen molar-refractivity contribution in [2.75, 3.05) is 40.0 Å². The second kappa shape index (κ2) is 8.00. The van der Waals surface area contributed by atoms with Gasteiger partial charge in [-0.2, -0.15) is 0 Å². The maximum Gasteiger partial charge on any atom is 0.354 e. The quantitative estimate of drug-likeness (QED) is 0.731. The second-order valence-corrected chi connectivity index (χ2v) is 9.18. The largest absolute Gasteiger partial charge is 0.464 e. The first kappa shape index (κ1) is 19.9. The van der Waals surface area contributed by atoms with Crippen molar-refractivity contribution in [2.45, 2.75) is 25.2 Å². The molecule has 3 rings (SSSR count). The maximum atomic E-state index is 12.3. The smallest absolute Gasteiger partial charge is 0.354 e. The SMILES string of the molecule is CNS(=O)(=O)CCc1ccc2[nH]c(C(=O)OC)c(C3CCN(C)CC3)c2c1. The van der Waals surface area contributed by atoms with Crippen LogP contribution in [-0.2, 0) is 21.2 Å². The van der Waals surface area contributed by atoms with Crippen molar-refractivity contribution < 1.29 is 17.9 Å². The number of esters is 1. The molecule has 0 unspecified atom stereocenters. The van der Waals surface area contributed by atoms with E-state index >= 15 is 0 Å². The summed E-state index contributed by atoms with van der Waals surface area (Å²) in [6.07, 6.45) is 2.38. The number of hydrogen-bond acceptors (Lipinski definition) is 5. The Morgan fingerprint density at radius 2 is 2.04 bits per heavy atom. The molecule has 0 amide bonds. The molecule has 1 fully saturated rings. The number of sulfonamides is 1. The van der Waals surface area contributed by atoms with Gasteiger partial charge in [-0.15, -0.1) is 0 Å². The number of aromatic amines is 1. The number of carbonyl (C=O) groups is 1. The summed E-state index contributed by atoms with van der Waals surface area (Å²) in [5.74, 6) is -0.0490. The minimum absolute atomic E-state index is 0.0346. The molecule has 2 heterocycles. The van der Waals surface area contributed by atoms with E-state index in [9.17, 15) is 13.2 Å². The van der Waals surface area contributed by atoms with E-state index in [0.29, 0.717) is 12.1 Å². The molecule has 0 saturated carbocycles. The van der Waals surface area contributed by atoms with Crippen LogP contribution in [0.5, 0.6) is 0 Å². The summed E-state index contributed by atoms with van der Waals surface area (Å²) in [7, 11) is 1.66. The first-order chi connectivity index (χ1) is 12.8. The average Bonchev–Trinajstić information content (AvgIpc) is 3.05. The number of benzene rings is 1. The molecular weight excluding hydrogens is 366 g/mol. The number of methoxy groups -OCH3 is 1. The fraction of sp³-hybridized carbons (Fsp3) is 0.526. The van der Waals surface area contributed by atoms with Crippen LogP contribution in [0.3, 0.4) is 0 Å². The lowest BCUT2D eigenvalue weighted by molar-refractivity contribution is 0.0592. The van der Waals surface area contributed by atoms with Crippen molar-refractivity contribution in [1.82, 2.24) is 14.6 Å². The van der Waals surface area contributed by atoms with E-state index in [2.05, 4.69) is 21.7 Å². The Labute approximate surface area is 160 Å². The molecule has 1 aromatic heterocycles. The molecule has 148 valence electrons. The molecule has 0 radical (unpaired) electrons. The Kier molecular flexibility index (Phi) is 5.88. The molecular formula is C19H27N3O4S. The van der Waals surface area contributed by atoms with Crippen LogP contribution in [0.25, 0.3) is 10.9 Å². The lowest BCUT2D eigenvalue weighted by atomic mass is 9.87. The summed E-state index contributed by atoms with van der Waals surface area (Å²) in [4.78, 5) is 17.8. The Balaban J connectivity index is 2.00. The third kappa shape index (κ3) is 4.34. The second-order valence-electron chi connectivity index (χ2n) is 7.14. The van der Waals surface area contributed by atoms with Crippen LogP contribution in [0.4, 0.5) is 0 Å². The Morgan fingerprint density at radius 1 is 1.33 bits per heavy atom. The van der Waals surface area contributed by atoms with Crippen LogP contribution in [0, 0.1) is 0 Å². The molecule has 0 atom stereocenters. The number of nitrogens with zero attached hydrogens (tertiary/aromatic N) is 1. The van der Waals surface area contributed by atoms with Gasteiger partial charge in [-0.05, 0) is 75.6 Å². The van der Waals surface area contributed by atoms with E-state index in [4.69, 9.17) is 4.74 Å². The van der Waals surface area contributed by atoms with Crippen molar-refractivity contribution in [3.05, 3.63) is 35.0 Å². The van der Waals surface area contributed by atoms with Gasteiger partial charge in [-0.3, -0.25) is 0 Å². The first-order valence-electron chi connectivity index (χ1n) is 9.17. The monoisotopic (exact) mass is 393 g/mol. The van der Waals surface area contributed by atoms with Gasteiger partial charge >= 0.3 is 5.97 Å². The van der Waals surface area contributed by atoms with Crippen molar-refractivity contribution in [2.24, 2.45) is 0 Å². The highest BCUT2D eigenvalue weighted by molar-refractivity contribution is 7.89. The molecule has 2 aromatic rings. The van der Waals surface area contributed by atoms with Crippen LogP contribution >= 0.6 is 0 Å². The van der Waals surface area contributed by atoms with E-state index in [0.717, 1.165) is 48.0 Å². The van der Waals surface area contributed by atoms with Crippen LogP contribution in [0.15, 0.2) is 18.2 Å². The zero-order valence-electron chi connectivity index (χ0n) is 16.0. The van der Waals surface area contributed by atoms with E-state index in [1.165, 1.54) is 14.2 Å². The molecule has 1 saturated heterocycles. The molecule has 8 heteroatoms. The zero-order valence-corrected chi connectivity index (χ0v) is 16.9. The number of ether oxygens (including phenoxy) is 1. The van der Waals surface area contributed by atoms with Gasteiger partial charge in [0.2, 0.25) is 10.0 Å². The summed E-state index contributed by atoms with van der Waals surface area (Å²) >= 11 is 0. The predicted molar refractivity (Wildman–Crippen MR) is 106 cm³/mol. The standard InChI is InChI=1S/C19H27N3O4S/c1-20-27(24,25)11-8-13-4-5-16-15(12-13)17(18(21-16)19(23)26-3)14-6-9-22(2)10-7-14/h4-5,12,14,20-21H,6-11H2,1-3H3. The molecule has 2 N–H and O–H groups in total. The van der Waals surface area contributed by atoms with E-state index < -0.39 is 10.0 Å². The van der Waals surface area contributed by atoms with Gasteiger partial charge in [0.1, 0.15) is 5.69 Å². The van der Waals surface area contributed by atoms with E-state index in [1.807, 2.05) is 18.2 Å². The Bertz CT molecular complexity index is 928. The van der Waals surface area contributed by atoms with Crippen molar-refractivity contribution in [1.29, 1.82) is 0 Å². The Morgan fingerprint density at radius 3 is 2.67 bits per heavy atom. The number of aryl methyl sites for hydroxylation is 1. The third-order valence-corrected chi connectivity index (χ3v) is 6.75. The van der Waals surface area contributed by atoms with Gasteiger partial charge in [-0.25, -0.2) is 17.9 Å². The zero-order chi connectivity index (χ0) is 19.6. The highest BCUT2D eigenvalue weighted by Gasteiger charge is 2.27. The number of rotatable bonds is 6. The van der Waals surface area contributed by atoms with E-state index in [1.54, 1.807) is 0 Å². The number of aromatic nitrogens is 1. The van der Waals surface area contributed by atoms with Gasteiger partial charge in [0.25, 0.3) is 0 Å². The van der Waals surface area contributed by atoms with Crippen LogP contribution in [-0.4, -0.2) is 64.3 Å². The lowest BCUT2D eigenvalue weighted by Crippen LogP contribution is -2.29. The van der Waals surface area contributed by atoms with Gasteiger partial charge in [-0.1, -0.05) is 6.07 Å². The van der Waals surface area contributed by atoms with E-state index in [-0.39, 0.29) is 17.6 Å². The topological polar surface area (TPSA) is 91.5 Å². The molecule has 1 aliphatic heterocycles. The summed E-state index contributed by atoms with van der Waals surface area (Å²) in [5, 5.41) is 0.990. The van der Waals surface area contributed by atoms with Crippen molar-refractivity contribution in [3.8, 4) is 0 Å². The molecule has 1 aromatic carbocycles. The number of hydrogen-bond donors (Lipinski definition) is 2. The van der Waals surface area contributed by atoms with Gasteiger partial charge in [0.05, 0.1) is 12.9 Å². The average molecular weight is 394 g/mol. The van der Waals surface area contributed by atoms with Crippen LogP contribution < -0.4 is 4.72 Å². The number of H-pyrrole nitrogens is 1. The lowest BCUT2D eigenvalue weighted by Gasteiger charge is -2.29. The highest BCUT2D eigenvalue weighted by atomic mass is 32.2. The van der Waals surface area contributed by atoms with Crippen LogP contribution in [0.1, 0.15) is 40.4 Å². The number of nitrogens with one attached hydrogen (secondary N) is 2. The maximum absolute atomic E-state index is 12.3. The molecule has 0 aliphatic carbocycles. The summed E-state index contributed by atoms with van der Waals surface area (Å²) in [5.41, 5.74) is 3.33. The van der Waals surface area contributed by atoms with Crippen molar-refractivity contribution >= 4 is 26.9 Å². The van der Waals surface area contributed by atoms with Crippen molar-refractivity contribution in [3.63, 3.8) is 0 Å². The fourth-order valence-electron chi connectivity index (χ4n) is 3.75. The van der Waals surface area contributed by atoms with Gasteiger partial charge < -0.3 is 14.6 Å². The summed E-state index contributed by atoms with van der Waals surface area (Å²) in [6.45, 7) is 1.97. The first-order valence-corrected chi connectivity index (χ1v) is 10.8. The third-order valence-electron chi connectivity index (χ3n) is 5.39. The fourth-order valence-corrected chi connectivity index (χ4v) is 4.46. The predicted octanol–water partition coefficient (Wildman–Crippen LogP) is 1.86. The van der Waals surface area contributed by atoms with Crippen LogP contribution in [0.2, 0.25) is 0 Å².